The van der Waals surface area contributed by atoms with Gasteiger partial charge in [-0.2, -0.15) is 0 Å². The molecule has 1 aliphatic rings. The highest BCUT2D eigenvalue weighted by atomic mass is 16.1. The van der Waals surface area contributed by atoms with Crippen LogP contribution in [0.2, 0.25) is 0 Å². The van der Waals surface area contributed by atoms with Gasteiger partial charge >= 0.3 is 0 Å². The van der Waals surface area contributed by atoms with E-state index in [-0.39, 0.29) is 5.91 Å². The van der Waals surface area contributed by atoms with Gasteiger partial charge in [0.1, 0.15) is 0 Å². The van der Waals surface area contributed by atoms with E-state index < -0.39 is 0 Å². The summed E-state index contributed by atoms with van der Waals surface area (Å²) in [6, 6.07) is 0.363. The van der Waals surface area contributed by atoms with Crippen LogP contribution in [-0.2, 0) is 4.79 Å². The summed E-state index contributed by atoms with van der Waals surface area (Å²) in [4.78, 5) is 11.8. The summed E-state index contributed by atoms with van der Waals surface area (Å²) in [5, 5.41) is 3.18. The molecule has 0 heterocycles. The Morgan fingerprint density at radius 3 is 2.50 bits per heavy atom. The van der Waals surface area contributed by atoms with E-state index in [9.17, 15) is 4.79 Å². The molecule has 0 bridgehead atoms. The first-order chi connectivity index (χ1) is 8.74. The average molecular weight is 254 g/mol. The van der Waals surface area contributed by atoms with Crippen molar-refractivity contribution in [3.8, 4) is 0 Å². The third kappa shape index (κ3) is 6.39. The lowest BCUT2D eigenvalue weighted by molar-refractivity contribution is -0.122. The quantitative estimate of drug-likeness (QED) is 0.654. The number of rotatable bonds is 8. The maximum absolute atomic E-state index is 11.8. The summed E-state index contributed by atoms with van der Waals surface area (Å²) >= 11 is 0. The molecule has 3 nitrogen and oxygen atoms in total. The number of carbonyl (C=O) groups excluding carboxylic acids is 1. The summed E-state index contributed by atoms with van der Waals surface area (Å²) in [5.74, 6) is 0.945. The second-order valence-electron chi connectivity index (χ2n) is 5.71. The van der Waals surface area contributed by atoms with Crippen molar-refractivity contribution in [3.05, 3.63) is 0 Å². The Balaban J connectivity index is 2.07. The molecule has 0 unspecified atom stereocenters. The molecule has 0 aliphatic heterocycles. The third-order valence-electron chi connectivity index (χ3n) is 4.10. The van der Waals surface area contributed by atoms with Crippen molar-refractivity contribution in [2.24, 2.45) is 11.7 Å². The first-order valence-electron chi connectivity index (χ1n) is 7.73. The molecule has 1 fully saturated rings. The lowest BCUT2D eigenvalue weighted by Crippen LogP contribution is -2.38. The molecule has 0 spiro atoms. The molecule has 0 radical (unpaired) electrons. The normalized spacial score (nSPS) is 18.6. The van der Waals surface area contributed by atoms with Gasteiger partial charge in [0.05, 0.1) is 0 Å². The largest absolute Gasteiger partial charge is 0.353 e. The molecule has 3 heteroatoms. The van der Waals surface area contributed by atoms with Gasteiger partial charge in [-0.3, -0.25) is 4.79 Å². The van der Waals surface area contributed by atoms with Gasteiger partial charge in [-0.1, -0.05) is 32.1 Å². The summed E-state index contributed by atoms with van der Waals surface area (Å²) in [6.07, 6.45) is 11.7. The maximum Gasteiger partial charge on any atom is 0.220 e. The minimum absolute atomic E-state index is 0.237. The summed E-state index contributed by atoms with van der Waals surface area (Å²) in [7, 11) is 0. The minimum Gasteiger partial charge on any atom is -0.353 e. The molecule has 1 atom stereocenters. The molecule has 1 rings (SSSR count). The van der Waals surface area contributed by atoms with Crippen molar-refractivity contribution < 1.29 is 4.79 Å². The summed E-state index contributed by atoms with van der Waals surface area (Å²) in [6.45, 7) is 2.94. The van der Waals surface area contributed by atoms with Crippen molar-refractivity contribution in [2.75, 3.05) is 6.54 Å². The van der Waals surface area contributed by atoms with Crippen LogP contribution in [0.15, 0.2) is 0 Å². The molecule has 0 saturated heterocycles. The first kappa shape index (κ1) is 15.5. The van der Waals surface area contributed by atoms with Gasteiger partial charge in [-0.05, 0) is 45.1 Å². The summed E-state index contributed by atoms with van der Waals surface area (Å²) < 4.78 is 0. The molecular formula is C15H30N2O. The Hall–Kier alpha value is -0.570. The zero-order chi connectivity index (χ0) is 13.2. The molecule has 0 aromatic carbocycles. The average Bonchev–Trinajstić information content (AvgIpc) is 2.39. The van der Waals surface area contributed by atoms with Crippen molar-refractivity contribution in [3.63, 3.8) is 0 Å². The van der Waals surface area contributed by atoms with E-state index in [2.05, 4.69) is 12.2 Å². The molecule has 0 aromatic heterocycles. The zero-order valence-corrected chi connectivity index (χ0v) is 11.9. The Labute approximate surface area is 112 Å². The highest BCUT2D eigenvalue weighted by Gasteiger charge is 2.20. The van der Waals surface area contributed by atoms with Gasteiger partial charge in [0, 0.05) is 12.5 Å². The number of amides is 1. The molecular weight excluding hydrogens is 224 g/mol. The standard InChI is InChI=1S/C15H30N2O/c1-13(14-9-5-4-6-10-14)17-15(18)11-7-2-3-8-12-16/h13-14H,2-12,16H2,1H3,(H,17,18)/t13-/m0/s1. The van der Waals surface area contributed by atoms with Gasteiger partial charge in [0.2, 0.25) is 5.91 Å². The molecule has 1 aliphatic carbocycles. The Morgan fingerprint density at radius 2 is 1.83 bits per heavy atom. The van der Waals surface area contributed by atoms with Crippen LogP contribution in [0, 0.1) is 5.92 Å². The van der Waals surface area contributed by atoms with Crippen molar-refractivity contribution in [1.29, 1.82) is 0 Å². The van der Waals surface area contributed by atoms with E-state index in [1.165, 1.54) is 32.1 Å². The molecule has 1 saturated carbocycles. The predicted molar refractivity (Wildman–Crippen MR) is 76.3 cm³/mol. The lowest BCUT2D eigenvalue weighted by atomic mass is 9.84. The fourth-order valence-corrected chi connectivity index (χ4v) is 2.86. The van der Waals surface area contributed by atoms with Crippen LogP contribution in [-0.4, -0.2) is 18.5 Å². The predicted octanol–water partition coefficient (Wildman–Crippen LogP) is 2.98. The van der Waals surface area contributed by atoms with Gasteiger partial charge in [0.15, 0.2) is 0 Å². The Bertz CT molecular complexity index is 225. The second kappa shape index (κ2) is 9.37. The van der Waals surface area contributed by atoms with Crippen LogP contribution in [0.5, 0.6) is 0 Å². The summed E-state index contributed by atoms with van der Waals surface area (Å²) in [5.41, 5.74) is 5.44. The van der Waals surface area contributed by atoms with E-state index >= 15 is 0 Å². The SMILES string of the molecule is C[C@H](NC(=O)CCCCCCN)C1CCCCC1. The van der Waals surface area contributed by atoms with Crippen molar-refractivity contribution >= 4 is 5.91 Å². The number of nitrogens with one attached hydrogen (secondary N) is 1. The van der Waals surface area contributed by atoms with E-state index in [1.807, 2.05) is 0 Å². The van der Waals surface area contributed by atoms with Crippen LogP contribution < -0.4 is 11.1 Å². The number of carbonyl (C=O) groups is 1. The fourth-order valence-electron chi connectivity index (χ4n) is 2.86. The van der Waals surface area contributed by atoms with Crippen molar-refractivity contribution in [2.45, 2.75) is 77.2 Å². The smallest absolute Gasteiger partial charge is 0.220 e. The van der Waals surface area contributed by atoms with E-state index in [0.717, 1.165) is 32.2 Å². The topological polar surface area (TPSA) is 55.1 Å². The molecule has 1 amide bonds. The highest BCUT2D eigenvalue weighted by Crippen LogP contribution is 2.26. The van der Waals surface area contributed by atoms with Crippen LogP contribution in [0.3, 0.4) is 0 Å². The monoisotopic (exact) mass is 254 g/mol. The van der Waals surface area contributed by atoms with E-state index in [0.29, 0.717) is 18.4 Å². The minimum atomic E-state index is 0.237. The van der Waals surface area contributed by atoms with Crippen LogP contribution in [0.4, 0.5) is 0 Å². The molecule has 3 N–H and O–H groups in total. The fraction of sp³-hybridized carbons (Fsp3) is 0.933. The van der Waals surface area contributed by atoms with Crippen LogP contribution in [0.1, 0.15) is 71.1 Å². The van der Waals surface area contributed by atoms with Gasteiger partial charge in [-0.15, -0.1) is 0 Å². The van der Waals surface area contributed by atoms with E-state index in [4.69, 9.17) is 5.73 Å². The van der Waals surface area contributed by atoms with Crippen LogP contribution >= 0.6 is 0 Å². The lowest BCUT2D eigenvalue weighted by Gasteiger charge is -2.28. The Kier molecular flexibility index (Phi) is 8.06. The van der Waals surface area contributed by atoms with Crippen LogP contribution in [0.25, 0.3) is 0 Å². The maximum atomic E-state index is 11.8. The van der Waals surface area contributed by atoms with Gasteiger partial charge < -0.3 is 11.1 Å². The Morgan fingerprint density at radius 1 is 1.17 bits per heavy atom. The zero-order valence-electron chi connectivity index (χ0n) is 11.9. The van der Waals surface area contributed by atoms with Gasteiger partial charge in [-0.25, -0.2) is 0 Å². The number of hydrogen-bond donors (Lipinski definition) is 2. The molecule has 106 valence electrons. The second-order valence-corrected chi connectivity index (χ2v) is 5.71. The highest BCUT2D eigenvalue weighted by molar-refractivity contribution is 5.76. The van der Waals surface area contributed by atoms with Crippen molar-refractivity contribution in [1.82, 2.24) is 5.32 Å². The number of hydrogen-bond acceptors (Lipinski definition) is 2. The third-order valence-corrected chi connectivity index (χ3v) is 4.10. The van der Waals surface area contributed by atoms with E-state index in [1.54, 1.807) is 0 Å². The first-order valence-corrected chi connectivity index (χ1v) is 7.73. The number of unbranched alkanes of at least 4 members (excludes halogenated alkanes) is 3. The molecule has 18 heavy (non-hydrogen) atoms. The van der Waals surface area contributed by atoms with Gasteiger partial charge in [0.25, 0.3) is 0 Å². The number of nitrogens with two attached hydrogens (primary N) is 1. The molecule has 0 aromatic rings.